The Bertz CT molecular complexity index is 358. The molecule has 1 unspecified atom stereocenters. The fourth-order valence-corrected chi connectivity index (χ4v) is 4.67. The molecule has 0 aliphatic rings. The van der Waals surface area contributed by atoms with E-state index < -0.39 is 0 Å². The third-order valence-electron chi connectivity index (χ3n) is 6.79. The number of nitrogens with one attached hydrogen (secondary N) is 1. The first-order chi connectivity index (χ1) is 16.3. The molecule has 200 valence electrons. The molecule has 0 aromatic heterocycles. The van der Waals surface area contributed by atoms with Gasteiger partial charge in [-0.1, -0.05) is 110 Å². The van der Waals surface area contributed by atoms with E-state index >= 15 is 0 Å². The predicted molar refractivity (Wildman–Crippen MR) is 143 cm³/mol. The Kier molecular flexibility index (Phi) is 27.9. The summed E-state index contributed by atoms with van der Waals surface area (Å²) >= 11 is 0. The van der Waals surface area contributed by atoms with Crippen LogP contribution in [0.5, 0.6) is 0 Å². The molecule has 0 radical (unpaired) electrons. The van der Waals surface area contributed by atoms with E-state index in [-0.39, 0.29) is 19.8 Å². The van der Waals surface area contributed by atoms with Crippen molar-refractivity contribution in [2.75, 3.05) is 46.0 Å². The van der Waals surface area contributed by atoms with Crippen molar-refractivity contribution >= 4 is 0 Å². The molecule has 0 saturated carbocycles. The molecule has 0 aromatic carbocycles. The van der Waals surface area contributed by atoms with Crippen molar-refractivity contribution in [3.63, 3.8) is 0 Å². The number of hydrogen-bond acceptors (Lipinski definition) is 5. The van der Waals surface area contributed by atoms with Crippen LogP contribution >= 0.6 is 0 Å². The quantitative estimate of drug-likeness (QED) is 0.111. The van der Waals surface area contributed by atoms with Crippen LogP contribution in [0.25, 0.3) is 0 Å². The largest absolute Gasteiger partial charge is 0.396 e. The van der Waals surface area contributed by atoms with Crippen LogP contribution in [0, 0.1) is 0 Å². The topological polar surface area (TPSA) is 76.0 Å². The zero-order valence-corrected chi connectivity index (χ0v) is 22.3. The van der Waals surface area contributed by atoms with E-state index in [1.165, 1.54) is 103 Å². The van der Waals surface area contributed by atoms with E-state index in [9.17, 15) is 10.2 Å². The summed E-state index contributed by atoms with van der Waals surface area (Å²) in [5.74, 6) is 0. The molecule has 0 aromatic rings. The first kappa shape index (κ1) is 32.8. The molecule has 0 heterocycles. The first-order valence-corrected chi connectivity index (χ1v) is 14.6. The molecule has 0 spiro atoms. The molecule has 0 aliphatic heterocycles. The second-order valence-corrected chi connectivity index (χ2v) is 9.90. The van der Waals surface area contributed by atoms with Crippen LogP contribution in [0.2, 0.25) is 0 Å². The minimum atomic E-state index is 0.166. The van der Waals surface area contributed by atoms with Gasteiger partial charge in [0.25, 0.3) is 0 Å². The first-order valence-electron chi connectivity index (χ1n) is 14.6. The van der Waals surface area contributed by atoms with Crippen LogP contribution in [-0.2, 0) is 0 Å². The summed E-state index contributed by atoms with van der Waals surface area (Å²) in [6.45, 7) is 5.93. The molecule has 5 nitrogen and oxygen atoms in total. The average Bonchev–Trinajstić information content (AvgIpc) is 2.83. The number of nitrogens with zero attached hydrogens (tertiary/aromatic N) is 1. The van der Waals surface area contributed by atoms with Gasteiger partial charge < -0.3 is 25.5 Å². The van der Waals surface area contributed by atoms with Crippen molar-refractivity contribution in [2.24, 2.45) is 0 Å². The van der Waals surface area contributed by atoms with Crippen LogP contribution in [0.4, 0.5) is 0 Å². The smallest absolute Gasteiger partial charge is 0.0558 e. The predicted octanol–water partition coefficient (Wildman–Crippen LogP) is 5.66. The highest BCUT2D eigenvalue weighted by atomic mass is 16.3. The van der Waals surface area contributed by atoms with Crippen LogP contribution in [0.3, 0.4) is 0 Å². The Morgan fingerprint density at radius 1 is 0.515 bits per heavy atom. The summed E-state index contributed by atoms with van der Waals surface area (Å²) in [5.41, 5.74) is 0. The number of hydrogen-bond donors (Lipinski definition) is 4. The van der Waals surface area contributed by atoms with Gasteiger partial charge in [0.05, 0.1) is 13.2 Å². The van der Waals surface area contributed by atoms with Gasteiger partial charge in [-0.15, -0.1) is 0 Å². The fraction of sp³-hybridized carbons (Fsp3) is 1.00. The van der Waals surface area contributed by atoms with Crippen molar-refractivity contribution in [1.29, 1.82) is 0 Å². The highest BCUT2D eigenvalue weighted by Gasteiger charge is 2.11. The normalized spacial score (nSPS) is 12.6. The lowest BCUT2D eigenvalue weighted by atomic mass is 10.0. The molecule has 4 N–H and O–H groups in total. The highest BCUT2D eigenvalue weighted by Crippen LogP contribution is 2.15. The number of aliphatic hydroxyl groups excluding tert-OH is 3. The summed E-state index contributed by atoms with van der Waals surface area (Å²) in [5, 5.41) is 31.0. The fourth-order valence-electron chi connectivity index (χ4n) is 4.67. The van der Waals surface area contributed by atoms with Crippen molar-refractivity contribution in [3.05, 3.63) is 0 Å². The summed E-state index contributed by atoms with van der Waals surface area (Å²) < 4.78 is 0. The summed E-state index contributed by atoms with van der Waals surface area (Å²) in [6.07, 6.45) is 25.3. The Morgan fingerprint density at radius 2 is 1.03 bits per heavy atom. The monoisotopic (exact) mass is 472 g/mol. The maximum absolute atomic E-state index is 9.25. The third kappa shape index (κ3) is 24.7. The van der Waals surface area contributed by atoms with Gasteiger partial charge in [-0.05, 0) is 25.8 Å². The number of unbranched alkanes of at least 4 members (excludes halogenated alkanes) is 15. The molecular weight excluding hydrogens is 412 g/mol. The van der Waals surface area contributed by atoms with Gasteiger partial charge in [0.15, 0.2) is 0 Å². The van der Waals surface area contributed by atoms with Gasteiger partial charge in [0.1, 0.15) is 0 Å². The zero-order valence-electron chi connectivity index (χ0n) is 22.3. The Hall–Kier alpha value is -0.200. The van der Waals surface area contributed by atoms with Crippen molar-refractivity contribution in [1.82, 2.24) is 10.2 Å². The maximum Gasteiger partial charge on any atom is 0.0558 e. The molecule has 0 aliphatic carbocycles. The van der Waals surface area contributed by atoms with Gasteiger partial charge in [-0.2, -0.15) is 0 Å². The van der Waals surface area contributed by atoms with Crippen molar-refractivity contribution in [2.45, 2.75) is 135 Å². The second kappa shape index (κ2) is 28.0. The summed E-state index contributed by atoms with van der Waals surface area (Å²) in [7, 11) is 0. The SMILES string of the molecule is CCCCCCCCCCCCCCCCCCC(CCN(CCO)CCCO)NCCO. The minimum absolute atomic E-state index is 0.166. The highest BCUT2D eigenvalue weighted by molar-refractivity contribution is 4.70. The van der Waals surface area contributed by atoms with E-state index in [4.69, 9.17) is 5.11 Å². The lowest BCUT2D eigenvalue weighted by Gasteiger charge is -2.25. The Balaban J connectivity index is 3.64. The van der Waals surface area contributed by atoms with Crippen molar-refractivity contribution in [3.8, 4) is 0 Å². The Morgan fingerprint density at radius 3 is 1.48 bits per heavy atom. The molecule has 1 atom stereocenters. The minimum Gasteiger partial charge on any atom is -0.396 e. The lowest BCUT2D eigenvalue weighted by molar-refractivity contribution is 0.172. The van der Waals surface area contributed by atoms with Gasteiger partial charge in [-0.25, -0.2) is 0 Å². The molecule has 5 heteroatoms. The average molecular weight is 473 g/mol. The number of rotatable bonds is 28. The molecule has 0 rings (SSSR count). The van der Waals surface area contributed by atoms with Gasteiger partial charge >= 0.3 is 0 Å². The molecular formula is C28H60N2O3. The van der Waals surface area contributed by atoms with Gasteiger partial charge in [0.2, 0.25) is 0 Å². The number of aliphatic hydroxyl groups is 3. The molecule has 0 fully saturated rings. The van der Waals surface area contributed by atoms with Crippen LogP contribution < -0.4 is 5.32 Å². The molecule has 0 bridgehead atoms. The summed E-state index contributed by atoms with van der Waals surface area (Å²) in [4.78, 5) is 2.23. The second-order valence-electron chi connectivity index (χ2n) is 9.90. The third-order valence-corrected chi connectivity index (χ3v) is 6.79. The molecule has 0 amide bonds. The van der Waals surface area contributed by atoms with Crippen LogP contribution in [0.1, 0.15) is 129 Å². The van der Waals surface area contributed by atoms with E-state index in [0.29, 0.717) is 19.1 Å². The molecule has 0 saturated heterocycles. The van der Waals surface area contributed by atoms with E-state index in [1.807, 2.05) is 0 Å². The Labute approximate surface area is 206 Å². The van der Waals surface area contributed by atoms with Crippen LogP contribution in [-0.4, -0.2) is 72.3 Å². The zero-order chi connectivity index (χ0) is 24.2. The van der Waals surface area contributed by atoms with E-state index in [1.54, 1.807) is 0 Å². The van der Waals surface area contributed by atoms with Gasteiger partial charge in [0, 0.05) is 32.3 Å². The summed E-state index contributed by atoms with van der Waals surface area (Å²) in [6, 6.07) is 0.430. The van der Waals surface area contributed by atoms with E-state index in [0.717, 1.165) is 32.4 Å². The van der Waals surface area contributed by atoms with Crippen molar-refractivity contribution < 1.29 is 15.3 Å². The van der Waals surface area contributed by atoms with Crippen LogP contribution in [0.15, 0.2) is 0 Å². The van der Waals surface area contributed by atoms with Gasteiger partial charge in [-0.3, -0.25) is 0 Å². The molecule has 33 heavy (non-hydrogen) atoms. The lowest BCUT2D eigenvalue weighted by Crippen LogP contribution is -2.37. The standard InChI is InChI=1S/C28H60N2O3/c1-2-3-4-5-6-7-8-9-10-11-12-13-14-15-16-17-19-28(29-21-26-32)20-23-30(24-27-33)22-18-25-31/h28-29,31-33H,2-27H2,1H3. The van der Waals surface area contributed by atoms with E-state index in [2.05, 4.69) is 17.1 Å². The maximum atomic E-state index is 9.25.